The maximum Gasteiger partial charge on any atom is 0.0765 e. The summed E-state index contributed by atoms with van der Waals surface area (Å²) in [6.07, 6.45) is -0.512. The van der Waals surface area contributed by atoms with Crippen molar-refractivity contribution >= 4 is 11.6 Å². The molecule has 66 valence electrons. The van der Waals surface area contributed by atoms with Crippen molar-refractivity contribution in [1.82, 2.24) is 0 Å². The summed E-state index contributed by atoms with van der Waals surface area (Å²) in [4.78, 5) is 0. The van der Waals surface area contributed by atoms with Crippen LogP contribution < -0.4 is 5.73 Å². The number of benzene rings is 1. The normalized spacial score (nSPS) is 13.0. The van der Waals surface area contributed by atoms with Crippen LogP contribution in [-0.2, 0) is 6.54 Å². The molecule has 0 bridgehead atoms. The van der Waals surface area contributed by atoms with Crippen LogP contribution in [0.4, 0.5) is 0 Å². The third kappa shape index (κ3) is 1.97. The number of hydrogen-bond donors (Lipinski definition) is 2. The number of hydrogen-bond acceptors (Lipinski definition) is 2. The molecule has 0 aliphatic rings. The number of aliphatic hydroxyl groups is 1. The van der Waals surface area contributed by atoms with Crippen molar-refractivity contribution in [2.75, 3.05) is 0 Å². The van der Waals surface area contributed by atoms with Crippen molar-refractivity contribution < 1.29 is 5.11 Å². The van der Waals surface area contributed by atoms with Gasteiger partial charge in [-0.3, -0.25) is 0 Å². The van der Waals surface area contributed by atoms with Crippen LogP contribution in [-0.4, -0.2) is 5.11 Å². The first-order valence-corrected chi connectivity index (χ1v) is 4.19. The maximum absolute atomic E-state index is 9.35. The van der Waals surface area contributed by atoms with Crippen LogP contribution in [0.3, 0.4) is 0 Å². The van der Waals surface area contributed by atoms with Crippen LogP contribution >= 0.6 is 11.6 Å². The van der Waals surface area contributed by atoms with E-state index >= 15 is 0 Å². The molecule has 0 heterocycles. The summed E-state index contributed by atoms with van der Waals surface area (Å²) in [6.45, 7) is 2.13. The Morgan fingerprint density at radius 3 is 2.75 bits per heavy atom. The second-order valence-electron chi connectivity index (χ2n) is 2.72. The van der Waals surface area contributed by atoms with E-state index in [0.717, 1.165) is 11.1 Å². The van der Waals surface area contributed by atoms with E-state index in [1.54, 1.807) is 19.1 Å². The van der Waals surface area contributed by atoms with E-state index in [-0.39, 0.29) is 0 Å². The van der Waals surface area contributed by atoms with Gasteiger partial charge in [0.2, 0.25) is 0 Å². The number of rotatable bonds is 2. The average molecular weight is 186 g/mol. The van der Waals surface area contributed by atoms with Crippen molar-refractivity contribution in [3.8, 4) is 0 Å². The van der Waals surface area contributed by atoms with E-state index < -0.39 is 6.10 Å². The predicted octanol–water partition coefficient (Wildman–Crippen LogP) is 1.85. The Morgan fingerprint density at radius 2 is 2.25 bits per heavy atom. The molecule has 0 aromatic heterocycles. The standard InChI is InChI=1S/C9H12ClNO/c1-6(12)9-4-8(10)3-2-7(9)5-11/h2-4,6,12H,5,11H2,1H3/t6-/m0/s1. The van der Waals surface area contributed by atoms with E-state index in [9.17, 15) is 5.11 Å². The fourth-order valence-electron chi connectivity index (χ4n) is 1.14. The third-order valence-corrected chi connectivity index (χ3v) is 2.01. The maximum atomic E-state index is 9.35. The van der Waals surface area contributed by atoms with Gasteiger partial charge < -0.3 is 10.8 Å². The molecule has 3 N–H and O–H groups in total. The van der Waals surface area contributed by atoms with Gasteiger partial charge in [-0.25, -0.2) is 0 Å². The molecule has 1 rings (SSSR count). The molecule has 0 aliphatic heterocycles. The SMILES string of the molecule is C[C@H](O)c1cc(Cl)ccc1CN. The van der Waals surface area contributed by atoms with Crippen LogP contribution in [0.5, 0.6) is 0 Å². The molecule has 3 heteroatoms. The Morgan fingerprint density at radius 1 is 1.58 bits per heavy atom. The van der Waals surface area contributed by atoms with Gasteiger partial charge in [0.05, 0.1) is 6.10 Å². The van der Waals surface area contributed by atoms with Crippen molar-refractivity contribution in [2.45, 2.75) is 19.6 Å². The summed E-state index contributed by atoms with van der Waals surface area (Å²) >= 11 is 5.77. The van der Waals surface area contributed by atoms with E-state index in [4.69, 9.17) is 17.3 Å². The minimum Gasteiger partial charge on any atom is -0.389 e. The molecule has 0 saturated heterocycles. The van der Waals surface area contributed by atoms with Gasteiger partial charge in [0.15, 0.2) is 0 Å². The largest absolute Gasteiger partial charge is 0.389 e. The number of aliphatic hydroxyl groups excluding tert-OH is 1. The van der Waals surface area contributed by atoms with Crippen molar-refractivity contribution in [3.63, 3.8) is 0 Å². The second-order valence-corrected chi connectivity index (χ2v) is 3.16. The number of halogens is 1. The molecule has 2 nitrogen and oxygen atoms in total. The molecule has 0 unspecified atom stereocenters. The van der Waals surface area contributed by atoms with E-state index in [2.05, 4.69) is 0 Å². The van der Waals surface area contributed by atoms with E-state index in [1.165, 1.54) is 0 Å². The van der Waals surface area contributed by atoms with Gasteiger partial charge in [-0.05, 0) is 30.2 Å². The Hall–Kier alpha value is -0.570. The Kier molecular flexibility index (Phi) is 3.09. The van der Waals surface area contributed by atoms with Gasteiger partial charge in [0.1, 0.15) is 0 Å². The van der Waals surface area contributed by atoms with Crippen LogP contribution in [0.2, 0.25) is 5.02 Å². The summed E-state index contributed by atoms with van der Waals surface area (Å²) in [5, 5.41) is 9.97. The summed E-state index contributed by atoms with van der Waals surface area (Å²) in [6, 6.07) is 5.36. The van der Waals surface area contributed by atoms with Gasteiger partial charge in [0, 0.05) is 11.6 Å². The molecule has 1 aromatic carbocycles. The van der Waals surface area contributed by atoms with Gasteiger partial charge in [-0.15, -0.1) is 0 Å². The summed E-state index contributed by atoms with van der Waals surface area (Å²) in [5.74, 6) is 0. The molecule has 0 fully saturated rings. The minimum atomic E-state index is -0.512. The summed E-state index contributed by atoms with van der Waals surface area (Å²) in [7, 11) is 0. The lowest BCUT2D eigenvalue weighted by Crippen LogP contribution is -2.03. The molecule has 1 aromatic rings. The third-order valence-electron chi connectivity index (χ3n) is 1.78. The monoisotopic (exact) mass is 185 g/mol. The topological polar surface area (TPSA) is 46.2 Å². The zero-order valence-corrected chi connectivity index (χ0v) is 7.67. The summed E-state index contributed by atoms with van der Waals surface area (Å²) in [5.41, 5.74) is 7.23. The van der Waals surface area contributed by atoms with Crippen molar-refractivity contribution in [3.05, 3.63) is 34.3 Å². The molecular weight excluding hydrogens is 174 g/mol. The van der Waals surface area contributed by atoms with E-state index in [0.29, 0.717) is 11.6 Å². The second kappa shape index (κ2) is 3.90. The lowest BCUT2D eigenvalue weighted by atomic mass is 10.0. The Labute approximate surface area is 77.0 Å². The number of nitrogens with two attached hydrogens (primary N) is 1. The first-order valence-electron chi connectivity index (χ1n) is 3.81. The molecule has 12 heavy (non-hydrogen) atoms. The van der Waals surface area contributed by atoms with Crippen LogP contribution in [0, 0.1) is 0 Å². The molecule has 0 amide bonds. The molecule has 0 spiro atoms. The quantitative estimate of drug-likeness (QED) is 0.739. The predicted molar refractivity (Wildman–Crippen MR) is 50.0 cm³/mol. The highest BCUT2D eigenvalue weighted by molar-refractivity contribution is 6.30. The van der Waals surface area contributed by atoms with Crippen LogP contribution in [0.15, 0.2) is 18.2 Å². The Bertz CT molecular complexity index is 273. The first-order chi connectivity index (χ1) is 5.65. The molecule has 0 saturated carbocycles. The van der Waals surface area contributed by atoms with Crippen LogP contribution in [0.25, 0.3) is 0 Å². The molecule has 1 atom stereocenters. The zero-order chi connectivity index (χ0) is 9.14. The fraction of sp³-hybridized carbons (Fsp3) is 0.333. The van der Waals surface area contributed by atoms with Gasteiger partial charge >= 0.3 is 0 Å². The van der Waals surface area contributed by atoms with Crippen LogP contribution in [0.1, 0.15) is 24.2 Å². The lowest BCUT2D eigenvalue weighted by molar-refractivity contribution is 0.198. The molecule has 0 radical (unpaired) electrons. The van der Waals surface area contributed by atoms with Gasteiger partial charge in [0.25, 0.3) is 0 Å². The van der Waals surface area contributed by atoms with E-state index in [1.807, 2.05) is 6.07 Å². The first kappa shape index (κ1) is 9.52. The zero-order valence-electron chi connectivity index (χ0n) is 6.92. The smallest absolute Gasteiger partial charge is 0.0765 e. The molecule has 0 aliphatic carbocycles. The minimum absolute atomic E-state index is 0.428. The average Bonchev–Trinajstić information content (AvgIpc) is 2.04. The lowest BCUT2D eigenvalue weighted by Gasteiger charge is -2.10. The Balaban J connectivity index is 3.12. The fourth-order valence-corrected chi connectivity index (χ4v) is 1.32. The van der Waals surface area contributed by atoms with Crippen molar-refractivity contribution in [2.24, 2.45) is 5.73 Å². The summed E-state index contributed by atoms with van der Waals surface area (Å²) < 4.78 is 0. The van der Waals surface area contributed by atoms with Gasteiger partial charge in [-0.2, -0.15) is 0 Å². The molecular formula is C9H12ClNO. The highest BCUT2D eigenvalue weighted by Crippen LogP contribution is 2.21. The highest BCUT2D eigenvalue weighted by atomic mass is 35.5. The highest BCUT2D eigenvalue weighted by Gasteiger charge is 2.06. The van der Waals surface area contributed by atoms with Crippen molar-refractivity contribution in [1.29, 1.82) is 0 Å². The van der Waals surface area contributed by atoms with Gasteiger partial charge in [-0.1, -0.05) is 17.7 Å².